The number of ether oxygens (including phenoxy) is 1. The molecule has 0 aliphatic carbocycles. The maximum atomic E-state index is 13.3. The minimum absolute atomic E-state index is 0.0874. The highest BCUT2D eigenvalue weighted by Gasteiger charge is 2.40. The van der Waals surface area contributed by atoms with E-state index in [1.807, 2.05) is 35.8 Å². The van der Waals surface area contributed by atoms with Crippen molar-refractivity contribution in [3.8, 4) is 10.8 Å². The summed E-state index contributed by atoms with van der Waals surface area (Å²) in [4.78, 5) is 70.8. The van der Waals surface area contributed by atoms with Crippen molar-refractivity contribution in [3.05, 3.63) is 116 Å². The molecule has 62 heavy (non-hydrogen) atoms. The molecule has 2 aromatic heterocycles. The van der Waals surface area contributed by atoms with Crippen LogP contribution >= 0.6 is 22.9 Å². The SMILES string of the molecule is Cc1sc2c(c1C)C(c1ccc(Cl)cc1)=N[C@@H](CC(=O)NCCCCNC(=O)COc1ccc(N=Nc3cccc4c3CN(C3CCC(=O)NC3=O)C4=O)cc1)c1nnc(C)n1-2. The number of fused-ring (bicyclic) bond motifs is 4. The van der Waals surface area contributed by atoms with Crippen LogP contribution < -0.4 is 20.7 Å². The first-order valence-electron chi connectivity index (χ1n) is 20.3. The second-order valence-electron chi connectivity index (χ2n) is 15.2. The van der Waals surface area contributed by atoms with Crippen LogP contribution in [0.3, 0.4) is 0 Å². The first-order valence-corrected chi connectivity index (χ1v) is 21.5. The third-order valence-corrected chi connectivity index (χ3v) is 12.5. The second-order valence-corrected chi connectivity index (χ2v) is 16.8. The predicted molar refractivity (Wildman–Crippen MR) is 232 cm³/mol. The number of unbranched alkanes of at least 4 members (excludes halogenated alkanes) is 1. The maximum Gasteiger partial charge on any atom is 0.257 e. The molecule has 16 nitrogen and oxygen atoms in total. The summed E-state index contributed by atoms with van der Waals surface area (Å²) < 4.78 is 7.68. The number of carbonyl (C=O) groups is 5. The van der Waals surface area contributed by atoms with Crippen LogP contribution in [0.2, 0.25) is 5.02 Å². The van der Waals surface area contributed by atoms with Gasteiger partial charge in [0.1, 0.15) is 28.7 Å². The van der Waals surface area contributed by atoms with Crippen LogP contribution in [0, 0.1) is 20.8 Å². The van der Waals surface area contributed by atoms with E-state index in [-0.39, 0.29) is 56.0 Å². The Morgan fingerprint density at radius 2 is 1.68 bits per heavy atom. The average Bonchev–Trinajstić information content (AvgIpc) is 3.87. The normalized spacial score (nSPS) is 16.9. The third-order valence-electron chi connectivity index (χ3n) is 11.0. The number of thiophene rings is 1. The Balaban J connectivity index is 0.778. The minimum Gasteiger partial charge on any atom is -0.484 e. The molecule has 8 rings (SSSR count). The highest BCUT2D eigenvalue weighted by molar-refractivity contribution is 7.15. The van der Waals surface area contributed by atoms with Crippen molar-refractivity contribution in [3.63, 3.8) is 0 Å². The van der Waals surface area contributed by atoms with Gasteiger partial charge in [0, 0.05) is 58.2 Å². The van der Waals surface area contributed by atoms with Gasteiger partial charge in [-0.2, -0.15) is 10.2 Å². The van der Waals surface area contributed by atoms with Gasteiger partial charge in [-0.1, -0.05) is 29.8 Å². The fourth-order valence-corrected chi connectivity index (χ4v) is 9.01. The Bertz CT molecular complexity index is 2640. The Morgan fingerprint density at radius 1 is 0.935 bits per heavy atom. The molecule has 0 spiro atoms. The number of amides is 5. The number of nitrogens with zero attached hydrogens (tertiary/aromatic N) is 7. The molecule has 3 aliphatic rings. The quantitative estimate of drug-likeness (QED) is 0.0641. The summed E-state index contributed by atoms with van der Waals surface area (Å²) in [6.07, 6.45) is 1.83. The summed E-state index contributed by atoms with van der Waals surface area (Å²) >= 11 is 7.88. The predicted octanol–water partition coefficient (Wildman–Crippen LogP) is 6.46. The van der Waals surface area contributed by atoms with E-state index in [4.69, 9.17) is 21.3 Å². The van der Waals surface area contributed by atoms with Crippen LogP contribution in [-0.2, 0) is 25.7 Å². The molecule has 0 bridgehead atoms. The van der Waals surface area contributed by atoms with Gasteiger partial charge in [-0.25, -0.2) is 0 Å². The number of hydrogen-bond donors (Lipinski definition) is 3. The van der Waals surface area contributed by atoms with Gasteiger partial charge in [0.15, 0.2) is 12.4 Å². The summed E-state index contributed by atoms with van der Waals surface area (Å²) in [5, 5.41) is 27.3. The second kappa shape index (κ2) is 18.2. The van der Waals surface area contributed by atoms with Crippen LogP contribution in [0.5, 0.6) is 5.75 Å². The first kappa shape index (κ1) is 42.1. The van der Waals surface area contributed by atoms with Crippen molar-refractivity contribution in [2.75, 3.05) is 19.7 Å². The molecule has 5 amide bonds. The molecule has 0 radical (unpaired) electrons. The molecule has 3 N–H and O–H groups in total. The molecule has 18 heteroatoms. The van der Waals surface area contributed by atoms with Crippen LogP contribution in [0.4, 0.5) is 11.4 Å². The van der Waals surface area contributed by atoms with E-state index >= 15 is 0 Å². The molecule has 5 heterocycles. The molecule has 5 aromatic rings. The van der Waals surface area contributed by atoms with Gasteiger partial charge in [-0.3, -0.25) is 38.8 Å². The van der Waals surface area contributed by atoms with Crippen LogP contribution in [0.25, 0.3) is 5.00 Å². The number of imide groups is 1. The fourth-order valence-electron chi connectivity index (χ4n) is 7.67. The minimum atomic E-state index is -0.719. The Labute approximate surface area is 365 Å². The van der Waals surface area contributed by atoms with Gasteiger partial charge >= 0.3 is 0 Å². The molecule has 2 atom stereocenters. The zero-order chi connectivity index (χ0) is 43.5. The fraction of sp³-hybridized carbons (Fsp3) is 0.318. The molecule has 1 unspecified atom stereocenters. The summed E-state index contributed by atoms with van der Waals surface area (Å²) in [6.45, 7) is 6.92. The van der Waals surface area contributed by atoms with Gasteiger partial charge in [0.2, 0.25) is 17.7 Å². The van der Waals surface area contributed by atoms with Crippen LogP contribution in [0.15, 0.2) is 82.0 Å². The van der Waals surface area contributed by atoms with Gasteiger partial charge in [-0.05, 0) is 94.1 Å². The number of aromatic nitrogens is 3. The lowest BCUT2D eigenvalue weighted by Crippen LogP contribution is -2.52. The topological polar surface area (TPSA) is 202 Å². The zero-order valence-electron chi connectivity index (χ0n) is 34.2. The number of aryl methyl sites for hydroxylation is 2. The van der Waals surface area contributed by atoms with Crippen molar-refractivity contribution in [1.82, 2.24) is 35.6 Å². The van der Waals surface area contributed by atoms with Gasteiger partial charge in [0.05, 0.1) is 23.5 Å². The number of halogens is 1. The van der Waals surface area contributed by atoms with E-state index in [2.05, 4.69) is 50.2 Å². The molecule has 1 saturated heterocycles. The largest absolute Gasteiger partial charge is 0.484 e. The number of carbonyl (C=O) groups excluding carboxylic acids is 5. The van der Waals surface area contributed by atoms with Crippen molar-refractivity contribution in [2.45, 2.75) is 71.5 Å². The maximum absolute atomic E-state index is 13.3. The lowest BCUT2D eigenvalue weighted by molar-refractivity contribution is -0.137. The molecule has 318 valence electrons. The summed E-state index contributed by atoms with van der Waals surface area (Å²) in [6, 6.07) is 18.2. The highest BCUT2D eigenvalue weighted by atomic mass is 35.5. The van der Waals surface area contributed by atoms with Crippen LogP contribution in [-0.4, -0.2) is 80.7 Å². The Kier molecular flexibility index (Phi) is 12.3. The third kappa shape index (κ3) is 8.90. The summed E-state index contributed by atoms with van der Waals surface area (Å²) in [5.74, 6) is 0.268. The van der Waals surface area contributed by atoms with E-state index < -0.39 is 18.0 Å². The number of azo groups is 1. The van der Waals surface area contributed by atoms with E-state index in [1.165, 1.54) is 9.78 Å². The van der Waals surface area contributed by atoms with Gasteiger partial charge in [0.25, 0.3) is 11.8 Å². The molecule has 1 fully saturated rings. The lowest BCUT2D eigenvalue weighted by Gasteiger charge is -2.29. The highest BCUT2D eigenvalue weighted by Crippen LogP contribution is 2.40. The van der Waals surface area contributed by atoms with Crippen molar-refractivity contribution >= 4 is 69.6 Å². The van der Waals surface area contributed by atoms with E-state index in [1.54, 1.807) is 53.8 Å². The van der Waals surface area contributed by atoms with Crippen LogP contribution in [0.1, 0.15) is 87.3 Å². The number of piperidine rings is 1. The van der Waals surface area contributed by atoms with Gasteiger partial charge < -0.3 is 20.3 Å². The van der Waals surface area contributed by atoms with Crippen molar-refractivity contribution in [2.24, 2.45) is 15.2 Å². The summed E-state index contributed by atoms with van der Waals surface area (Å²) in [7, 11) is 0. The molecule has 3 aromatic carbocycles. The number of nitrogens with one attached hydrogen (secondary N) is 3. The molecule has 3 aliphatic heterocycles. The monoisotopic (exact) mass is 874 g/mol. The first-order chi connectivity index (χ1) is 29.9. The molecule has 0 saturated carbocycles. The number of rotatable bonds is 14. The van der Waals surface area contributed by atoms with E-state index in [9.17, 15) is 24.0 Å². The number of benzene rings is 3. The van der Waals surface area contributed by atoms with E-state index in [0.717, 1.165) is 33.2 Å². The Morgan fingerprint density at radius 3 is 2.42 bits per heavy atom. The average molecular weight is 875 g/mol. The standard InChI is InChI=1S/C44H43ClN10O6S/c1-24-25(2)62-44-39(24)40(27-9-11-28(45)12-10-27)48-34(41-53-50-26(3)55(41)44)21-37(57)46-19-4-5-20-47-38(58)23-61-30-15-13-29(14-16-30)51-52-33-8-6-7-31-32(33)22-54(43(31)60)35-17-18-36(56)49-42(35)59/h6-16,34-35H,4-5,17-23H2,1-3H3,(H,46,57)(H,47,58)(H,49,56,59)/t34-,35?/m0/s1. The lowest BCUT2D eigenvalue weighted by atomic mass is 9.99. The Hall–Kier alpha value is -6.59. The van der Waals surface area contributed by atoms with E-state index in [0.29, 0.717) is 65.0 Å². The van der Waals surface area contributed by atoms with Crippen molar-refractivity contribution in [1.29, 1.82) is 0 Å². The smallest absolute Gasteiger partial charge is 0.257 e. The summed E-state index contributed by atoms with van der Waals surface area (Å²) in [5.41, 5.74) is 5.96. The number of aliphatic imine (C=N–C) groups is 1. The van der Waals surface area contributed by atoms with Gasteiger partial charge in [-0.15, -0.1) is 21.5 Å². The molecular weight excluding hydrogens is 832 g/mol. The zero-order valence-corrected chi connectivity index (χ0v) is 35.8. The molecular formula is C44H43ClN10O6S. The van der Waals surface area contributed by atoms with Crippen molar-refractivity contribution < 1.29 is 28.7 Å². The number of hydrogen-bond acceptors (Lipinski definition) is 12.